The van der Waals surface area contributed by atoms with Crippen molar-refractivity contribution in [2.24, 2.45) is 16.7 Å². The lowest BCUT2D eigenvalue weighted by atomic mass is 9.69. The number of amides is 1. The Kier molecular flexibility index (Phi) is 4.60. The summed E-state index contributed by atoms with van der Waals surface area (Å²) in [6, 6.07) is 4.60. The van der Waals surface area contributed by atoms with Gasteiger partial charge in [-0.05, 0) is 61.3 Å². The molecule has 2 saturated carbocycles. The van der Waals surface area contributed by atoms with Crippen LogP contribution < -0.4 is 14.8 Å². The maximum atomic E-state index is 12.8. The molecule has 1 aromatic rings. The number of sulfonamides is 1. The predicted octanol–water partition coefficient (Wildman–Crippen LogP) is 2.55. The highest BCUT2D eigenvalue weighted by Crippen LogP contribution is 2.65. The third-order valence-corrected chi connectivity index (χ3v) is 8.52. The number of hydrogen-bond acceptors (Lipinski definition) is 4. The number of ether oxygens (including phenoxy) is 1. The van der Waals surface area contributed by atoms with Crippen LogP contribution in [0.25, 0.3) is 0 Å². The Hall–Kier alpha value is -1.60. The number of methoxy groups -OCH3 is 1. The summed E-state index contributed by atoms with van der Waals surface area (Å²) in [5, 5.41) is 3.16. The normalized spacial score (nSPS) is 29.6. The van der Waals surface area contributed by atoms with Crippen LogP contribution in [0.2, 0.25) is 0 Å². The van der Waals surface area contributed by atoms with Crippen molar-refractivity contribution >= 4 is 15.9 Å². The van der Waals surface area contributed by atoms with Crippen molar-refractivity contribution in [3.63, 3.8) is 0 Å². The number of carbonyl (C=O) groups excluding carboxylic acids is 1. The molecule has 7 heteroatoms. The van der Waals surface area contributed by atoms with Crippen LogP contribution in [0.15, 0.2) is 23.1 Å². The molecule has 6 nitrogen and oxygen atoms in total. The van der Waals surface area contributed by atoms with Crippen molar-refractivity contribution in [2.45, 2.75) is 51.0 Å². The Morgan fingerprint density at radius 3 is 2.46 bits per heavy atom. The lowest BCUT2D eigenvalue weighted by Gasteiger charge is -2.39. The van der Waals surface area contributed by atoms with E-state index in [0.29, 0.717) is 11.5 Å². The number of nitrogens with one attached hydrogen (secondary N) is 2. The summed E-state index contributed by atoms with van der Waals surface area (Å²) in [5.41, 5.74) is 0.592. The van der Waals surface area contributed by atoms with Gasteiger partial charge in [-0.3, -0.25) is 4.79 Å². The lowest BCUT2D eigenvalue weighted by Crippen LogP contribution is -2.46. The van der Waals surface area contributed by atoms with Gasteiger partial charge in [0, 0.05) is 11.6 Å². The molecule has 2 aliphatic carbocycles. The van der Waals surface area contributed by atoms with E-state index in [1.165, 1.54) is 32.7 Å². The first-order chi connectivity index (χ1) is 12.1. The molecule has 3 atom stereocenters. The fourth-order valence-electron chi connectivity index (χ4n) is 4.80. The smallest absolute Gasteiger partial charge is 0.251 e. The van der Waals surface area contributed by atoms with Crippen molar-refractivity contribution in [1.82, 2.24) is 10.0 Å². The number of fused-ring (bicyclic) bond motifs is 2. The van der Waals surface area contributed by atoms with Gasteiger partial charge >= 0.3 is 0 Å². The molecule has 1 aromatic carbocycles. The average molecular weight is 381 g/mol. The zero-order valence-electron chi connectivity index (χ0n) is 16.0. The van der Waals surface area contributed by atoms with Gasteiger partial charge in [-0.15, -0.1) is 0 Å². The van der Waals surface area contributed by atoms with Crippen LogP contribution in [0.4, 0.5) is 0 Å². The first kappa shape index (κ1) is 19.2. The zero-order chi connectivity index (χ0) is 19.3. The predicted molar refractivity (Wildman–Crippen MR) is 99.7 cm³/mol. The van der Waals surface area contributed by atoms with Crippen LogP contribution >= 0.6 is 0 Å². The topological polar surface area (TPSA) is 84.5 Å². The average Bonchev–Trinajstić information content (AvgIpc) is 2.94. The standard InChI is InChI=1S/C19H28N2O4S/c1-18(2)13-8-9-19(18,3)16(11-13)21-17(22)12-6-7-14(25-5)15(10-12)26(23,24)20-4/h6-7,10,13,16,20H,8-9,11H2,1-5H3,(H,21,22). The third-order valence-electron chi connectivity index (χ3n) is 7.08. The highest BCUT2D eigenvalue weighted by Gasteiger charge is 2.61. The van der Waals surface area contributed by atoms with Crippen molar-refractivity contribution in [2.75, 3.05) is 14.2 Å². The quantitative estimate of drug-likeness (QED) is 0.822. The van der Waals surface area contributed by atoms with Gasteiger partial charge in [0.25, 0.3) is 5.91 Å². The number of rotatable bonds is 5. The monoisotopic (exact) mass is 380 g/mol. The molecule has 0 spiro atoms. The van der Waals surface area contributed by atoms with Crippen LogP contribution in [0.1, 0.15) is 50.4 Å². The summed E-state index contributed by atoms with van der Waals surface area (Å²) < 4.78 is 31.8. The molecule has 0 saturated heterocycles. The molecule has 2 N–H and O–H groups in total. The van der Waals surface area contributed by atoms with Crippen LogP contribution in [0, 0.1) is 16.7 Å². The molecule has 0 aromatic heterocycles. The first-order valence-corrected chi connectivity index (χ1v) is 10.5. The second-order valence-corrected chi connectivity index (χ2v) is 10.1. The Labute approximate surface area is 155 Å². The highest BCUT2D eigenvalue weighted by atomic mass is 32.2. The lowest BCUT2D eigenvalue weighted by molar-refractivity contribution is 0.0826. The number of carbonyl (C=O) groups is 1. The second-order valence-electron chi connectivity index (χ2n) is 8.21. The van der Waals surface area contributed by atoms with E-state index >= 15 is 0 Å². The fraction of sp³-hybridized carbons (Fsp3) is 0.632. The molecule has 1 amide bonds. The SMILES string of the molecule is CNS(=O)(=O)c1cc(C(=O)NC2CC3CCC2(C)C3(C)C)ccc1OC. The van der Waals surface area contributed by atoms with E-state index in [-0.39, 0.29) is 33.4 Å². The number of benzene rings is 1. The van der Waals surface area contributed by atoms with Crippen LogP contribution in [-0.4, -0.2) is 34.5 Å². The molecular formula is C19H28N2O4S. The molecule has 3 unspecified atom stereocenters. The van der Waals surface area contributed by atoms with E-state index in [4.69, 9.17) is 4.74 Å². The second kappa shape index (κ2) is 6.23. The molecule has 26 heavy (non-hydrogen) atoms. The van der Waals surface area contributed by atoms with E-state index in [9.17, 15) is 13.2 Å². The Morgan fingerprint density at radius 2 is 1.96 bits per heavy atom. The minimum atomic E-state index is -3.72. The Balaban J connectivity index is 1.87. The van der Waals surface area contributed by atoms with Gasteiger partial charge in [0.05, 0.1) is 7.11 Å². The molecule has 2 fully saturated rings. The van der Waals surface area contributed by atoms with E-state index in [1.807, 2.05) is 0 Å². The van der Waals surface area contributed by atoms with Crippen LogP contribution in [0.5, 0.6) is 5.75 Å². The summed E-state index contributed by atoms with van der Waals surface area (Å²) in [5.74, 6) is 0.590. The van der Waals surface area contributed by atoms with E-state index in [0.717, 1.165) is 12.8 Å². The maximum absolute atomic E-state index is 12.8. The largest absolute Gasteiger partial charge is 0.495 e. The highest BCUT2D eigenvalue weighted by molar-refractivity contribution is 7.89. The summed E-state index contributed by atoms with van der Waals surface area (Å²) in [4.78, 5) is 12.8. The molecule has 0 radical (unpaired) electrons. The van der Waals surface area contributed by atoms with Gasteiger partial charge in [-0.25, -0.2) is 13.1 Å². The Morgan fingerprint density at radius 1 is 1.27 bits per heavy atom. The van der Waals surface area contributed by atoms with Crippen molar-refractivity contribution < 1.29 is 17.9 Å². The molecule has 0 heterocycles. The minimum Gasteiger partial charge on any atom is -0.495 e. The molecule has 2 aliphatic rings. The summed E-state index contributed by atoms with van der Waals surface area (Å²) >= 11 is 0. The maximum Gasteiger partial charge on any atom is 0.251 e. The zero-order valence-corrected chi connectivity index (χ0v) is 16.9. The summed E-state index contributed by atoms with van der Waals surface area (Å²) in [6.45, 7) is 6.85. The van der Waals surface area contributed by atoms with Crippen LogP contribution in [-0.2, 0) is 10.0 Å². The van der Waals surface area contributed by atoms with Crippen molar-refractivity contribution in [1.29, 1.82) is 0 Å². The molecule has 0 aliphatic heterocycles. The van der Waals surface area contributed by atoms with Gasteiger partial charge < -0.3 is 10.1 Å². The molecule has 2 bridgehead atoms. The van der Waals surface area contributed by atoms with Crippen molar-refractivity contribution in [3.8, 4) is 5.75 Å². The van der Waals surface area contributed by atoms with E-state index < -0.39 is 10.0 Å². The molecule has 3 rings (SSSR count). The third kappa shape index (κ3) is 2.72. The minimum absolute atomic E-state index is 0.0327. The molecule has 144 valence electrons. The van der Waals surface area contributed by atoms with E-state index in [2.05, 4.69) is 30.8 Å². The van der Waals surface area contributed by atoms with Crippen molar-refractivity contribution in [3.05, 3.63) is 23.8 Å². The van der Waals surface area contributed by atoms with Gasteiger partial charge in [-0.2, -0.15) is 0 Å². The van der Waals surface area contributed by atoms with Crippen LogP contribution in [0.3, 0.4) is 0 Å². The summed E-state index contributed by atoms with van der Waals surface area (Å²) in [7, 11) is -0.980. The number of hydrogen-bond donors (Lipinski definition) is 2. The first-order valence-electron chi connectivity index (χ1n) is 8.99. The molecular weight excluding hydrogens is 352 g/mol. The van der Waals surface area contributed by atoms with Gasteiger partial charge in [-0.1, -0.05) is 20.8 Å². The van der Waals surface area contributed by atoms with E-state index in [1.54, 1.807) is 6.07 Å². The summed E-state index contributed by atoms with van der Waals surface area (Å²) in [6.07, 6.45) is 3.30. The van der Waals surface area contributed by atoms with Gasteiger partial charge in [0.1, 0.15) is 10.6 Å². The fourth-order valence-corrected chi connectivity index (χ4v) is 5.72. The Bertz CT molecular complexity index is 834. The van der Waals surface area contributed by atoms with Gasteiger partial charge in [0.15, 0.2) is 0 Å². The van der Waals surface area contributed by atoms with Gasteiger partial charge in [0.2, 0.25) is 10.0 Å².